The number of rotatable bonds is 5. The molecule has 3 aliphatic rings. The summed E-state index contributed by atoms with van der Waals surface area (Å²) in [7, 11) is 0. The molecule has 1 amide bonds. The Labute approximate surface area is 157 Å². The number of nitrogens with zero attached hydrogens (tertiary/aromatic N) is 3. The number of hydrogen-bond donors (Lipinski definition) is 2. The summed E-state index contributed by atoms with van der Waals surface area (Å²) in [6, 6.07) is 8.56. The molecular formula is C20H24N4O3. The number of aromatic nitrogens is 2. The molecule has 2 heterocycles. The van der Waals surface area contributed by atoms with Crippen molar-refractivity contribution in [2.45, 2.75) is 49.5 Å². The van der Waals surface area contributed by atoms with Crippen LogP contribution >= 0.6 is 0 Å². The SMILES string of the molecule is O=C(C(NO)c1ccccc1)N1CC2CCCC2(c2nnc(C3CC3)o2)C1. The van der Waals surface area contributed by atoms with Gasteiger partial charge in [-0.05, 0) is 37.2 Å². The lowest BCUT2D eigenvalue weighted by Gasteiger charge is -2.26. The molecule has 3 fully saturated rings. The largest absolute Gasteiger partial charge is 0.424 e. The van der Waals surface area contributed by atoms with Crippen molar-refractivity contribution in [1.29, 1.82) is 0 Å². The van der Waals surface area contributed by atoms with E-state index in [-0.39, 0.29) is 11.3 Å². The predicted octanol–water partition coefficient (Wildman–Crippen LogP) is 2.55. The molecule has 7 nitrogen and oxygen atoms in total. The Morgan fingerprint density at radius 2 is 2.07 bits per heavy atom. The van der Waals surface area contributed by atoms with Gasteiger partial charge in [-0.1, -0.05) is 36.8 Å². The van der Waals surface area contributed by atoms with Crippen LogP contribution in [0.25, 0.3) is 0 Å². The summed E-state index contributed by atoms with van der Waals surface area (Å²) in [6.07, 6.45) is 5.41. The normalized spacial score (nSPS) is 28.3. The Bertz CT molecular complexity index is 835. The minimum absolute atomic E-state index is 0.112. The molecule has 1 aromatic heterocycles. The minimum atomic E-state index is -0.758. The Balaban J connectivity index is 1.40. The number of carbonyl (C=O) groups excluding carboxylic acids is 1. The van der Waals surface area contributed by atoms with Gasteiger partial charge in [0, 0.05) is 19.0 Å². The second-order valence-electron chi connectivity index (χ2n) is 8.16. The topological polar surface area (TPSA) is 91.5 Å². The van der Waals surface area contributed by atoms with Gasteiger partial charge in [0.05, 0.1) is 5.41 Å². The highest BCUT2D eigenvalue weighted by molar-refractivity contribution is 5.83. The fourth-order valence-corrected chi connectivity index (χ4v) is 4.84. The Kier molecular flexibility index (Phi) is 4.02. The molecule has 0 radical (unpaired) electrons. The highest BCUT2D eigenvalue weighted by Gasteiger charge is 2.55. The summed E-state index contributed by atoms with van der Waals surface area (Å²) < 4.78 is 6.07. The fourth-order valence-electron chi connectivity index (χ4n) is 4.84. The number of amides is 1. The number of fused-ring (bicyclic) bond motifs is 1. The van der Waals surface area contributed by atoms with Crippen LogP contribution in [-0.4, -0.2) is 39.3 Å². The van der Waals surface area contributed by atoms with Crippen molar-refractivity contribution < 1.29 is 14.4 Å². The van der Waals surface area contributed by atoms with E-state index in [4.69, 9.17) is 4.42 Å². The van der Waals surface area contributed by atoms with Crippen LogP contribution in [-0.2, 0) is 10.2 Å². The number of hydrogen-bond acceptors (Lipinski definition) is 6. The van der Waals surface area contributed by atoms with Crippen molar-refractivity contribution in [2.24, 2.45) is 5.92 Å². The first-order chi connectivity index (χ1) is 13.2. The molecule has 2 aliphatic carbocycles. The molecule has 1 saturated heterocycles. The van der Waals surface area contributed by atoms with Gasteiger partial charge in [-0.2, -0.15) is 5.48 Å². The van der Waals surface area contributed by atoms with E-state index in [0.717, 1.165) is 43.6 Å². The minimum Gasteiger partial charge on any atom is -0.424 e. The number of hydroxylamine groups is 1. The van der Waals surface area contributed by atoms with Crippen molar-refractivity contribution in [3.05, 3.63) is 47.7 Å². The smallest absolute Gasteiger partial charge is 0.246 e. The Morgan fingerprint density at radius 3 is 2.81 bits per heavy atom. The molecular weight excluding hydrogens is 344 g/mol. The quantitative estimate of drug-likeness (QED) is 0.788. The third-order valence-corrected chi connectivity index (χ3v) is 6.48. The lowest BCUT2D eigenvalue weighted by Crippen LogP contribution is -2.41. The van der Waals surface area contributed by atoms with Crippen LogP contribution in [0, 0.1) is 5.92 Å². The van der Waals surface area contributed by atoms with E-state index >= 15 is 0 Å². The Hall–Kier alpha value is -2.25. The maximum Gasteiger partial charge on any atom is 0.246 e. The standard InChI is InChI=1S/C20H24N4O3/c25-18(16(23-26)13-5-2-1-3-6-13)24-11-15-7-4-10-20(15,12-24)19-22-21-17(27-19)14-8-9-14/h1-3,5-6,14-16,23,26H,4,7-12H2. The van der Waals surface area contributed by atoms with Crippen LogP contribution in [0.5, 0.6) is 0 Å². The van der Waals surface area contributed by atoms with Crippen LogP contribution < -0.4 is 5.48 Å². The van der Waals surface area contributed by atoms with Gasteiger partial charge in [0.2, 0.25) is 17.7 Å². The lowest BCUT2D eigenvalue weighted by molar-refractivity contribution is -0.135. The first kappa shape index (κ1) is 16.9. The van der Waals surface area contributed by atoms with Crippen molar-refractivity contribution in [3.63, 3.8) is 0 Å². The van der Waals surface area contributed by atoms with Gasteiger partial charge in [-0.15, -0.1) is 10.2 Å². The van der Waals surface area contributed by atoms with Crippen molar-refractivity contribution >= 4 is 5.91 Å². The first-order valence-electron chi connectivity index (χ1n) is 9.78. The molecule has 2 N–H and O–H groups in total. The van der Waals surface area contributed by atoms with E-state index in [1.54, 1.807) is 0 Å². The third-order valence-electron chi connectivity index (χ3n) is 6.48. The van der Waals surface area contributed by atoms with Crippen LogP contribution in [0.4, 0.5) is 0 Å². The van der Waals surface area contributed by atoms with Crippen LogP contribution in [0.3, 0.4) is 0 Å². The average molecular weight is 368 g/mol. The maximum atomic E-state index is 13.1. The summed E-state index contributed by atoms with van der Waals surface area (Å²) in [5.41, 5.74) is 2.72. The summed E-state index contributed by atoms with van der Waals surface area (Å²) in [5, 5.41) is 18.3. The van der Waals surface area contributed by atoms with E-state index in [1.165, 1.54) is 0 Å². The van der Waals surface area contributed by atoms with Crippen molar-refractivity contribution in [2.75, 3.05) is 13.1 Å². The molecule has 3 atom stereocenters. The highest BCUT2D eigenvalue weighted by atomic mass is 16.5. The van der Waals surface area contributed by atoms with E-state index in [0.29, 0.717) is 30.8 Å². The molecule has 1 aromatic carbocycles. The number of carbonyl (C=O) groups is 1. The molecule has 1 aliphatic heterocycles. The zero-order valence-electron chi connectivity index (χ0n) is 15.2. The molecule has 7 heteroatoms. The molecule has 0 bridgehead atoms. The van der Waals surface area contributed by atoms with E-state index in [9.17, 15) is 10.0 Å². The molecule has 3 unspecified atom stereocenters. The molecule has 5 rings (SSSR count). The number of nitrogens with one attached hydrogen (secondary N) is 1. The van der Waals surface area contributed by atoms with Gasteiger partial charge in [-0.25, -0.2) is 0 Å². The summed E-state index contributed by atoms with van der Waals surface area (Å²) in [6.45, 7) is 1.25. The molecule has 0 spiro atoms. The molecule has 2 aromatic rings. The molecule has 142 valence electrons. The van der Waals surface area contributed by atoms with Gasteiger partial charge in [0.1, 0.15) is 6.04 Å². The van der Waals surface area contributed by atoms with Crippen LogP contribution in [0.2, 0.25) is 0 Å². The van der Waals surface area contributed by atoms with E-state index in [2.05, 4.69) is 15.7 Å². The highest BCUT2D eigenvalue weighted by Crippen LogP contribution is 2.51. The van der Waals surface area contributed by atoms with Gasteiger partial charge in [0.15, 0.2) is 0 Å². The average Bonchev–Trinajstić information content (AvgIpc) is 3.12. The zero-order valence-corrected chi connectivity index (χ0v) is 15.2. The molecule has 27 heavy (non-hydrogen) atoms. The fraction of sp³-hybridized carbons (Fsp3) is 0.550. The second-order valence-corrected chi connectivity index (χ2v) is 8.16. The molecule has 2 saturated carbocycles. The van der Waals surface area contributed by atoms with Gasteiger partial charge in [-0.3, -0.25) is 4.79 Å². The van der Waals surface area contributed by atoms with Gasteiger partial charge < -0.3 is 14.5 Å². The first-order valence-corrected chi connectivity index (χ1v) is 9.78. The van der Waals surface area contributed by atoms with E-state index in [1.807, 2.05) is 35.2 Å². The van der Waals surface area contributed by atoms with Crippen molar-refractivity contribution in [1.82, 2.24) is 20.6 Å². The van der Waals surface area contributed by atoms with Gasteiger partial charge >= 0.3 is 0 Å². The van der Waals surface area contributed by atoms with Crippen molar-refractivity contribution in [3.8, 4) is 0 Å². The second kappa shape index (κ2) is 6.42. The number of likely N-dealkylation sites (tertiary alicyclic amines) is 1. The predicted molar refractivity (Wildman–Crippen MR) is 96.0 cm³/mol. The lowest BCUT2D eigenvalue weighted by atomic mass is 9.80. The van der Waals surface area contributed by atoms with E-state index < -0.39 is 6.04 Å². The zero-order chi connectivity index (χ0) is 18.4. The van der Waals surface area contributed by atoms with Crippen LogP contribution in [0.1, 0.15) is 61.4 Å². The number of benzene rings is 1. The monoisotopic (exact) mass is 368 g/mol. The summed E-state index contributed by atoms with van der Waals surface area (Å²) >= 11 is 0. The summed E-state index contributed by atoms with van der Waals surface area (Å²) in [5.74, 6) is 2.12. The summed E-state index contributed by atoms with van der Waals surface area (Å²) in [4.78, 5) is 15.0. The van der Waals surface area contributed by atoms with Crippen LogP contribution in [0.15, 0.2) is 34.7 Å². The maximum absolute atomic E-state index is 13.1. The van der Waals surface area contributed by atoms with Gasteiger partial charge in [0.25, 0.3) is 0 Å². The Morgan fingerprint density at radius 1 is 1.26 bits per heavy atom. The third kappa shape index (κ3) is 2.76.